The number of methoxy groups -OCH3 is 4. The van der Waals surface area contributed by atoms with Crippen molar-refractivity contribution < 1.29 is 28.5 Å². The molecule has 0 amide bonds. The highest BCUT2D eigenvalue weighted by molar-refractivity contribution is 5.72. The first-order valence-corrected chi connectivity index (χ1v) is 8.78. The fourth-order valence-electron chi connectivity index (χ4n) is 2.84. The topological polar surface area (TPSA) is 63.2 Å². The van der Waals surface area contributed by atoms with Crippen LogP contribution in [-0.2, 0) is 4.79 Å². The van der Waals surface area contributed by atoms with Gasteiger partial charge < -0.3 is 23.7 Å². The predicted octanol–water partition coefficient (Wildman–Crippen LogP) is 4.46. The van der Waals surface area contributed by atoms with Crippen LogP contribution in [0.2, 0.25) is 0 Å². The Hall–Kier alpha value is -3.15. The largest absolute Gasteiger partial charge is 0.496 e. The molecule has 2 rings (SSSR count). The Labute approximate surface area is 165 Å². The molecule has 0 N–H and O–H groups in total. The summed E-state index contributed by atoms with van der Waals surface area (Å²) in [5.41, 5.74) is 1.68. The Morgan fingerprint density at radius 1 is 0.893 bits per heavy atom. The number of benzene rings is 2. The summed E-state index contributed by atoms with van der Waals surface area (Å²) in [6.07, 6.45) is 3.92. The maximum absolute atomic E-state index is 11.5. The van der Waals surface area contributed by atoms with E-state index in [-0.39, 0.29) is 5.92 Å². The van der Waals surface area contributed by atoms with E-state index in [1.54, 1.807) is 40.6 Å². The first-order valence-electron chi connectivity index (χ1n) is 8.78. The average Bonchev–Trinajstić information content (AvgIpc) is 2.70. The highest BCUT2D eigenvalue weighted by atomic mass is 16.6. The van der Waals surface area contributed by atoms with Gasteiger partial charge in [0.25, 0.3) is 0 Å². The maximum Gasteiger partial charge on any atom is 0.308 e. The molecular weight excluding hydrogens is 360 g/mol. The van der Waals surface area contributed by atoms with Gasteiger partial charge in [-0.2, -0.15) is 0 Å². The van der Waals surface area contributed by atoms with E-state index in [0.717, 1.165) is 11.1 Å². The summed E-state index contributed by atoms with van der Waals surface area (Å²) in [5.74, 6) is 2.34. The van der Waals surface area contributed by atoms with Crippen LogP contribution in [0.15, 0.2) is 36.4 Å². The van der Waals surface area contributed by atoms with Crippen LogP contribution < -0.4 is 23.7 Å². The molecule has 28 heavy (non-hydrogen) atoms. The van der Waals surface area contributed by atoms with E-state index in [0.29, 0.717) is 28.7 Å². The van der Waals surface area contributed by atoms with Gasteiger partial charge in [-0.25, -0.2) is 0 Å². The van der Waals surface area contributed by atoms with Gasteiger partial charge in [0.1, 0.15) is 5.75 Å². The second-order valence-corrected chi connectivity index (χ2v) is 6.07. The van der Waals surface area contributed by atoms with Crippen LogP contribution >= 0.6 is 0 Å². The number of para-hydroxylation sites is 1. The number of carbonyl (C=O) groups excluding carboxylic acids is 1. The fraction of sp³-hybridized carbons (Fsp3) is 0.318. The normalized spacial score (nSPS) is 11.8. The zero-order valence-corrected chi connectivity index (χ0v) is 17.1. The minimum Gasteiger partial charge on any atom is -0.496 e. The van der Waals surface area contributed by atoms with Gasteiger partial charge in [0.05, 0.1) is 28.4 Å². The number of ether oxygens (including phenoxy) is 5. The van der Waals surface area contributed by atoms with Crippen molar-refractivity contribution in [1.82, 2.24) is 0 Å². The van der Waals surface area contributed by atoms with Crippen LogP contribution in [0.3, 0.4) is 0 Å². The monoisotopic (exact) mass is 386 g/mol. The molecule has 0 heterocycles. The minimum absolute atomic E-state index is 0.0535. The van der Waals surface area contributed by atoms with Crippen LogP contribution in [0.25, 0.3) is 6.08 Å². The van der Waals surface area contributed by atoms with Crippen LogP contribution in [0.1, 0.15) is 30.9 Å². The summed E-state index contributed by atoms with van der Waals surface area (Å²) in [7, 11) is 6.31. The molecule has 2 aromatic rings. The SMILES string of the molecule is COc1cc(OC)c(OC)cc1/C=C/C(C)c1cccc(OC)c1OC(C)=O. The van der Waals surface area contributed by atoms with E-state index < -0.39 is 5.97 Å². The quantitative estimate of drug-likeness (QED) is 0.493. The number of carbonyl (C=O) groups is 1. The van der Waals surface area contributed by atoms with Crippen molar-refractivity contribution in [3.63, 3.8) is 0 Å². The summed E-state index contributed by atoms with van der Waals surface area (Å²) in [6, 6.07) is 9.15. The molecule has 6 heteroatoms. The molecule has 0 aromatic heterocycles. The molecule has 1 unspecified atom stereocenters. The van der Waals surface area contributed by atoms with Gasteiger partial charge in [-0.1, -0.05) is 31.2 Å². The Kier molecular flexibility index (Phi) is 7.32. The van der Waals surface area contributed by atoms with E-state index in [4.69, 9.17) is 23.7 Å². The zero-order valence-electron chi connectivity index (χ0n) is 17.1. The number of hydrogen-bond donors (Lipinski definition) is 0. The van der Waals surface area contributed by atoms with E-state index in [2.05, 4.69) is 0 Å². The molecule has 0 aliphatic rings. The van der Waals surface area contributed by atoms with Crippen LogP contribution in [0.4, 0.5) is 0 Å². The Morgan fingerprint density at radius 3 is 2.07 bits per heavy atom. The van der Waals surface area contributed by atoms with Crippen molar-refractivity contribution in [2.75, 3.05) is 28.4 Å². The smallest absolute Gasteiger partial charge is 0.308 e. The third kappa shape index (κ3) is 4.76. The Morgan fingerprint density at radius 2 is 1.50 bits per heavy atom. The van der Waals surface area contributed by atoms with Crippen LogP contribution in [-0.4, -0.2) is 34.4 Å². The highest BCUT2D eigenvalue weighted by Gasteiger charge is 2.17. The number of rotatable bonds is 8. The predicted molar refractivity (Wildman–Crippen MR) is 108 cm³/mol. The summed E-state index contributed by atoms with van der Waals surface area (Å²) >= 11 is 0. The number of allylic oxidation sites excluding steroid dienone is 1. The molecular formula is C22H26O6. The molecule has 6 nitrogen and oxygen atoms in total. The lowest BCUT2D eigenvalue weighted by atomic mass is 9.98. The third-order valence-electron chi connectivity index (χ3n) is 4.27. The van der Waals surface area contributed by atoms with Crippen molar-refractivity contribution in [3.05, 3.63) is 47.5 Å². The Bertz CT molecular complexity index is 856. The lowest BCUT2D eigenvalue weighted by Gasteiger charge is -2.16. The lowest BCUT2D eigenvalue weighted by molar-refractivity contribution is -0.132. The molecule has 1 atom stereocenters. The highest BCUT2D eigenvalue weighted by Crippen LogP contribution is 2.38. The second-order valence-electron chi connectivity index (χ2n) is 6.07. The summed E-state index contributed by atoms with van der Waals surface area (Å²) in [5, 5.41) is 0. The van der Waals surface area contributed by atoms with Gasteiger partial charge in [0.2, 0.25) is 0 Å². The minimum atomic E-state index is -0.400. The number of esters is 1. The van der Waals surface area contributed by atoms with Crippen LogP contribution in [0.5, 0.6) is 28.7 Å². The van der Waals surface area contributed by atoms with Crippen molar-refractivity contribution in [2.45, 2.75) is 19.8 Å². The summed E-state index contributed by atoms with van der Waals surface area (Å²) in [6.45, 7) is 3.37. The van der Waals surface area contributed by atoms with Gasteiger partial charge >= 0.3 is 5.97 Å². The van der Waals surface area contributed by atoms with Gasteiger partial charge in [-0.15, -0.1) is 0 Å². The van der Waals surface area contributed by atoms with Crippen molar-refractivity contribution in [3.8, 4) is 28.7 Å². The van der Waals surface area contributed by atoms with E-state index in [1.807, 2.05) is 37.3 Å². The van der Waals surface area contributed by atoms with Crippen molar-refractivity contribution in [2.24, 2.45) is 0 Å². The molecule has 0 radical (unpaired) electrons. The molecule has 0 fully saturated rings. The van der Waals surface area contributed by atoms with Gasteiger partial charge in [0, 0.05) is 30.0 Å². The first-order chi connectivity index (χ1) is 13.4. The third-order valence-corrected chi connectivity index (χ3v) is 4.27. The van der Waals surface area contributed by atoms with Gasteiger partial charge in [-0.3, -0.25) is 4.79 Å². The van der Waals surface area contributed by atoms with E-state index in [9.17, 15) is 4.79 Å². The zero-order chi connectivity index (χ0) is 20.7. The summed E-state index contributed by atoms with van der Waals surface area (Å²) in [4.78, 5) is 11.5. The maximum atomic E-state index is 11.5. The molecule has 2 aromatic carbocycles. The van der Waals surface area contributed by atoms with E-state index in [1.165, 1.54) is 6.92 Å². The lowest BCUT2D eigenvalue weighted by Crippen LogP contribution is -2.06. The molecule has 0 saturated heterocycles. The number of hydrogen-bond acceptors (Lipinski definition) is 6. The molecule has 0 spiro atoms. The van der Waals surface area contributed by atoms with Crippen molar-refractivity contribution in [1.29, 1.82) is 0 Å². The fourth-order valence-corrected chi connectivity index (χ4v) is 2.84. The van der Waals surface area contributed by atoms with Gasteiger partial charge in [0.15, 0.2) is 23.0 Å². The molecule has 0 bridgehead atoms. The molecule has 0 aliphatic carbocycles. The molecule has 150 valence electrons. The second kappa shape index (κ2) is 9.69. The summed E-state index contributed by atoms with van der Waals surface area (Å²) < 4.78 is 26.9. The van der Waals surface area contributed by atoms with Gasteiger partial charge in [-0.05, 0) is 12.1 Å². The standard InChI is InChI=1S/C22H26O6/c1-14(17-8-7-9-18(24-3)22(17)28-15(2)23)10-11-16-12-20(26-5)21(27-6)13-19(16)25-4/h7-14H,1-6H3/b11-10+. The van der Waals surface area contributed by atoms with E-state index >= 15 is 0 Å². The Balaban J connectivity index is 2.41. The van der Waals surface area contributed by atoms with Crippen molar-refractivity contribution >= 4 is 12.0 Å². The average molecular weight is 386 g/mol. The van der Waals surface area contributed by atoms with Crippen LogP contribution in [0, 0.1) is 0 Å². The molecule has 0 saturated carbocycles. The molecule has 0 aliphatic heterocycles. The first kappa shape index (κ1) is 21.2.